The molecule has 5 nitrogen and oxygen atoms in total. The summed E-state index contributed by atoms with van der Waals surface area (Å²) in [5.41, 5.74) is 2.76. The second-order valence-electron chi connectivity index (χ2n) is 6.47. The van der Waals surface area contributed by atoms with Crippen molar-refractivity contribution in [2.45, 2.75) is 18.9 Å². The molecule has 2 fully saturated rings. The number of carbonyl (C=O) groups excluding carboxylic acids is 1. The molecule has 1 saturated carbocycles. The molecule has 0 bridgehead atoms. The molecule has 1 aromatic carbocycles. The third kappa shape index (κ3) is 3.35. The van der Waals surface area contributed by atoms with Crippen molar-refractivity contribution in [3.8, 4) is 0 Å². The molecular formula is C19H22N4O. The Morgan fingerprint density at radius 1 is 1.00 bits per heavy atom. The summed E-state index contributed by atoms with van der Waals surface area (Å²) in [5.74, 6) is 0.0284. The molecule has 0 unspecified atom stereocenters. The third-order valence-corrected chi connectivity index (χ3v) is 4.62. The summed E-state index contributed by atoms with van der Waals surface area (Å²) in [6, 6.07) is 14.7. The second kappa shape index (κ2) is 6.51. The van der Waals surface area contributed by atoms with Crippen LogP contribution in [-0.4, -0.2) is 48.0 Å². The Morgan fingerprint density at radius 2 is 1.75 bits per heavy atom. The predicted molar refractivity (Wildman–Crippen MR) is 95.4 cm³/mol. The number of pyridine rings is 1. The van der Waals surface area contributed by atoms with Crippen molar-refractivity contribution in [2.75, 3.05) is 36.4 Å². The summed E-state index contributed by atoms with van der Waals surface area (Å²) < 4.78 is 0. The molecular weight excluding hydrogens is 300 g/mol. The van der Waals surface area contributed by atoms with Crippen LogP contribution < -0.4 is 10.2 Å². The minimum Gasteiger partial charge on any atom is -0.381 e. The molecule has 0 spiro atoms. The van der Waals surface area contributed by atoms with Gasteiger partial charge >= 0.3 is 0 Å². The number of piperazine rings is 1. The minimum atomic E-state index is 0.0284. The Hall–Kier alpha value is -2.56. The van der Waals surface area contributed by atoms with Crippen molar-refractivity contribution in [1.82, 2.24) is 9.88 Å². The first-order valence-electron chi connectivity index (χ1n) is 8.61. The number of hydrogen-bond donors (Lipinski definition) is 1. The van der Waals surface area contributed by atoms with Crippen LogP contribution in [0.25, 0.3) is 0 Å². The minimum absolute atomic E-state index is 0.0284. The van der Waals surface area contributed by atoms with Crippen molar-refractivity contribution in [1.29, 1.82) is 0 Å². The highest BCUT2D eigenvalue weighted by Gasteiger charge is 2.24. The van der Waals surface area contributed by atoms with Gasteiger partial charge in [0.1, 0.15) is 5.69 Å². The highest BCUT2D eigenvalue weighted by Crippen LogP contribution is 2.24. The third-order valence-electron chi connectivity index (χ3n) is 4.62. The van der Waals surface area contributed by atoms with Crippen LogP contribution in [0.15, 0.2) is 48.7 Å². The van der Waals surface area contributed by atoms with Gasteiger partial charge in [0, 0.05) is 37.9 Å². The summed E-state index contributed by atoms with van der Waals surface area (Å²) in [4.78, 5) is 21.2. The number of amides is 1. The van der Waals surface area contributed by atoms with Crippen molar-refractivity contribution in [3.05, 3.63) is 54.4 Å². The summed E-state index contributed by atoms with van der Waals surface area (Å²) in [6.07, 6.45) is 4.23. The van der Waals surface area contributed by atoms with E-state index in [0.717, 1.165) is 31.9 Å². The van der Waals surface area contributed by atoms with E-state index in [0.29, 0.717) is 11.7 Å². The number of nitrogens with zero attached hydrogens (tertiary/aromatic N) is 3. The molecule has 4 rings (SSSR count). The molecule has 0 atom stereocenters. The van der Waals surface area contributed by atoms with Gasteiger partial charge in [-0.15, -0.1) is 0 Å². The molecule has 1 N–H and O–H groups in total. The van der Waals surface area contributed by atoms with E-state index >= 15 is 0 Å². The van der Waals surface area contributed by atoms with Gasteiger partial charge in [-0.05, 0) is 37.1 Å². The van der Waals surface area contributed by atoms with Crippen LogP contribution in [0.1, 0.15) is 23.3 Å². The first-order valence-corrected chi connectivity index (χ1v) is 8.61. The molecule has 124 valence electrons. The normalized spacial score (nSPS) is 17.7. The lowest BCUT2D eigenvalue weighted by atomic mass is 10.2. The summed E-state index contributed by atoms with van der Waals surface area (Å²) >= 11 is 0. The van der Waals surface area contributed by atoms with Gasteiger partial charge in [0.25, 0.3) is 5.91 Å². The van der Waals surface area contributed by atoms with E-state index < -0.39 is 0 Å². The molecule has 2 heterocycles. The van der Waals surface area contributed by atoms with Crippen LogP contribution >= 0.6 is 0 Å². The fourth-order valence-corrected chi connectivity index (χ4v) is 3.04. The van der Waals surface area contributed by atoms with E-state index in [-0.39, 0.29) is 5.91 Å². The zero-order valence-corrected chi connectivity index (χ0v) is 13.7. The van der Waals surface area contributed by atoms with Crippen LogP contribution in [0.5, 0.6) is 0 Å². The van der Waals surface area contributed by atoms with Crippen LogP contribution in [0.3, 0.4) is 0 Å². The smallest absolute Gasteiger partial charge is 0.272 e. The Kier molecular flexibility index (Phi) is 4.07. The van der Waals surface area contributed by atoms with E-state index in [9.17, 15) is 4.79 Å². The summed E-state index contributed by atoms with van der Waals surface area (Å²) in [5, 5.41) is 3.39. The number of hydrogen-bond acceptors (Lipinski definition) is 4. The van der Waals surface area contributed by atoms with Gasteiger partial charge in [-0.25, -0.2) is 4.98 Å². The van der Waals surface area contributed by atoms with Gasteiger partial charge in [-0.3, -0.25) is 4.79 Å². The van der Waals surface area contributed by atoms with Gasteiger partial charge in [0.05, 0.1) is 11.9 Å². The van der Waals surface area contributed by atoms with Crippen LogP contribution in [0.2, 0.25) is 0 Å². The lowest BCUT2D eigenvalue weighted by Gasteiger charge is -2.36. The summed E-state index contributed by atoms with van der Waals surface area (Å²) in [6.45, 7) is 3.18. The number of nitrogens with one attached hydrogen (secondary N) is 1. The van der Waals surface area contributed by atoms with Crippen LogP contribution in [0.4, 0.5) is 11.4 Å². The quantitative estimate of drug-likeness (QED) is 0.940. The molecule has 2 aromatic rings. The van der Waals surface area contributed by atoms with Crippen molar-refractivity contribution >= 4 is 17.3 Å². The average Bonchev–Trinajstić information content (AvgIpc) is 3.47. The number of benzene rings is 1. The first kappa shape index (κ1) is 15.0. The van der Waals surface area contributed by atoms with Gasteiger partial charge in [-0.2, -0.15) is 0 Å². The van der Waals surface area contributed by atoms with Crippen molar-refractivity contribution in [2.24, 2.45) is 0 Å². The van der Waals surface area contributed by atoms with Gasteiger partial charge in [-0.1, -0.05) is 18.2 Å². The highest BCUT2D eigenvalue weighted by molar-refractivity contribution is 5.92. The molecule has 1 aromatic heterocycles. The Balaban J connectivity index is 1.35. The van der Waals surface area contributed by atoms with Crippen molar-refractivity contribution in [3.63, 3.8) is 0 Å². The van der Waals surface area contributed by atoms with Crippen LogP contribution in [0, 0.1) is 0 Å². The van der Waals surface area contributed by atoms with Gasteiger partial charge < -0.3 is 15.1 Å². The Bertz CT molecular complexity index is 689. The van der Waals surface area contributed by atoms with E-state index in [4.69, 9.17) is 0 Å². The topological polar surface area (TPSA) is 48.5 Å². The van der Waals surface area contributed by atoms with E-state index in [1.165, 1.54) is 18.5 Å². The first-order chi connectivity index (χ1) is 11.8. The number of rotatable bonds is 4. The maximum Gasteiger partial charge on any atom is 0.272 e. The average molecular weight is 322 g/mol. The number of para-hydroxylation sites is 1. The maximum atomic E-state index is 12.6. The molecule has 1 saturated heterocycles. The largest absolute Gasteiger partial charge is 0.381 e. The molecule has 0 radical (unpaired) electrons. The maximum absolute atomic E-state index is 12.6. The highest BCUT2D eigenvalue weighted by atomic mass is 16.2. The molecule has 5 heteroatoms. The number of aromatic nitrogens is 1. The Labute approximate surface area is 142 Å². The second-order valence-corrected chi connectivity index (χ2v) is 6.47. The fourth-order valence-electron chi connectivity index (χ4n) is 3.04. The predicted octanol–water partition coefficient (Wildman–Crippen LogP) is 2.62. The monoisotopic (exact) mass is 322 g/mol. The number of anilines is 2. The van der Waals surface area contributed by atoms with E-state index in [2.05, 4.69) is 27.3 Å². The van der Waals surface area contributed by atoms with E-state index in [1.54, 1.807) is 6.20 Å². The van der Waals surface area contributed by atoms with Gasteiger partial charge in [0.2, 0.25) is 0 Å². The SMILES string of the molecule is O=C(c1ccc(NC2CC2)cn1)N1CCN(c2ccccc2)CC1. The van der Waals surface area contributed by atoms with Crippen LogP contribution in [-0.2, 0) is 0 Å². The fraction of sp³-hybridized carbons (Fsp3) is 0.368. The lowest BCUT2D eigenvalue weighted by molar-refractivity contribution is 0.0741. The molecule has 2 aliphatic rings. The zero-order valence-electron chi connectivity index (χ0n) is 13.7. The molecule has 1 amide bonds. The van der Waals surface area contributed by atoms with Crippen molar-refractivity contribution < 1.29 is 4.79 Å². The Morgan fingerprint density at radius 3 is 2.38 bits per heavy atom. The van der Waals surface area contributed by atoms with E-state index in [1.807, 2.05) is 35.2 Å². The molecule has 1 aliphatic heterocycles. The standard InChI is InChI=1S/C19H22N4O/c24-19(18-9-8-16(14-20-18)21-15-6-7-15)23-12-10-22(11-13-23)17-4-2-1-3-5-17/h1-5,8-9,14-15,21H,6-7,10-13H2. The summed E-state index contributed by atoms with van der Waals surface area (Å²) in [7, 11) is 0. The zero-order chi connectivity index (χ0) is 16.4. The lowest BCUT2D eigenvalue weighted by Crippen LogP contribution is -2.49. The van der Waals surface area contributed by atoms with Gasteiger partial charge in [0.15, 0.2) is 0 Å². The number of carbonyl (C=O) groups is 1. The molecule has 24 heavy (non-hydrogen) atoms. The molecule has 1 aliphatic carbocycles.